The van der Waals surface area contributed by atoms with Gasteiger partial charge in [-0.15, -0.1) is 0 Å². The molecule has 1 fully saturated rings. The van der Waals surface area contributed by atoms with Gasteiger partial charge in [0.25, 0.3) is 11.8 Å². The van der Waals surface area contributed by atoms with E-state index in [4.69, 9.17) is 9.47 Å². The third-order valence-corrected chi connectivity index (χ3v) is 5.78. The molecule has 0 aromatic heterocycles. The van der Waals surface area contributed by atoms with E-state index in [1.807, 2.05) is 68.1 Å². The van der Waals surface area contributed by atoms with Gasteiger partial charge in [0, 0.05) is 32.9 Å². The monoisotopic (exact) mass is 435 g/mol. The van der Waals surface area contributed by atoms with Crippen LogP contribution in [0, 0.1) is 0 Å². The molecule has 2 aromatic carbocycles. The molecule has 7 heteroatoms. The molecule has 2 heterocycles. The van der Waals surface area contributed by atoms with Crippen molar-refractivity contribution in [2.45, 2.75) is 26.1 Å². The van der Waals surface area contributed by atoms with Gasteiger partial charge in [-0.05, 0) is 49.7 Å². The second-order valence-electron chi connectivity index (χ2n) is 8.47. The summed E-state index contributed by atoms with van der Waals surface area (Å²) < 4.78 is 11.1. The number of hydrogen-bond acceptors (Lipinski definition) is 6. The van der Waals surface area contributed by atoms with Crippen LogP contribution in [-0.2, 0) is 14.3 Å². The van der Waals surface area contributed by atoms with Crippen LogP contribution < -0.4 is 14.5 Å². The summed E-state index contributed by atoms with van der Waals surface area (Å²) in [6.07, 6.45) is -0.0882. The minimum absolute atomic E-state index is 0.0441. The van der Waals surface area contributed by atoms with Gasteiger partial charge in [0.2, 0.25) is 0 Å². The maximum absolute atomic E-state index is 13.7. The van der Waals surface area contributed by atoms with Crippen molar-refractivity contribution < 1.29 is 19.1 Å². The zero-order chi connectivity index (χ0) is 23.0. The molecule has 0 radical (unpaired) electrons. The Kier molecular flexibility index (Phi) is 5.93. The highest BCUT2D eigenvalue weighted by Gasteiger charge is 2.44. The molecule has 4 rings (SSSR count). The summed E-state index contributed by atoms with van der Waals surface area (Å²) in [6.45, 7) is 5.06. The van der Waals surface area contributed by atoms with E-state index in [0.29, 0.717) is 41.4 Å². The molecule has 0 N–H and O–H groups in total. The lowest BCUT2D eigenvalue weighted by molar-refractivity contribution is -0.121. The number of amides is 2. The fourth-order valence-electron chi connectivity index (χ4n) is 4.33. The van der Waals surface area contributed by atoms with E-state index in [0.717, 1.165) is 5.69 Å². The van der Waals surface area contributed by atoms with Crippen LogP contribution in [0.25, 0.3) is 5.57 Å². The van der Waals surface area contributed by atoms with Gasteiger partial charge in [0.1, 0.15) is 11.4 Å². The average Bonchev–Trinajstić information content (AvgIpc) is 3.03. The number of hydrogen-bond donors (Lipinski definition) is 0. The number of anilines is 2. The molecule has 0 bridgehead atoms. The van der Waals surface area contributed by atoms with Crippen molar-refractivity contribution in [3.05, 3.63) is 59.8 Å². The van der Waals surface area contributed by atoms with Crippen molar-refractivity contribution in [3.63, 3.8) is 0 Å². The Hall–Kier alpha value is -3.32. The second kappa shape index (κ2) is 8.67. The van der Waals surface area contributed by atoms with E-state index < -0.39 is 0 Å². The highest BCUT2D eigenvalue weighted by Crippen LogP contribution is 2.37. The Labute approximate surface area is 188 Å². The molecule has 2 amide bonds. The molecule has 7 nitrogen and oxygen atoms in total. The molecular formula is C25H29N3O4. The normalized spacial score (nSPS) is 21.4. The van der Waals surface area contributed by atoms with Crippen molar-refractivity contribution in [2.24, 2.45) is 0 Å². The number of methoxy groups -OCH3 is 1. The van der Waals surface area contributed by atoms with Gasteiger partial charge in [-0.3, -0.25) is 9.59 Å². The minimum Gasteiger partial charge on any atom is -0.497 e. The quantitative estimate of drug-likeness (QED) is 0.673. The van der Waals surface area contributed by atoms with E-state index in [2.05, 4.69) is 0 Å². The number of benzene rings is 2. The van der Waals surface area contributed by atoms with Gasteiger partial charge in [0.05, 0.1) is 30.6 Å². The molecular weight excluding hydrogens is 406 g/mol. The van der Waals surface area contributed by atoms with Crippen LogP contribution in [0.2, 0.25) is 0 Å². The van der Waals surface area contributed by atoms with Crippen LogP contribution in [-0.4, -0.2) is 63.2 Å². The lowest BCUT2D eigenvalue weighted by atomic mass is 10.0. The molecule has 0 spiro atoms. The van der Waals surface area contributed by atoms with Crippen LogP contribution >= 0.6 is 0 Å². The van der Waals surface area contributed by atoms with Crippen LogP contribution in [0.5, 0.6) is 5.75 Å². The van der Waals surface area contributed by atoms with Crippen LogP contribution in [0.3, 0.4) is 0 Å². The summed E-state index contributed by atoms with van der Waals surface area (Å²) in [5, 5.41) is 0. The molecule has 2 unspecified atom stereocenters. The Balaban J connectivity index is 1.82. The van der Waals surface area contributed by atoms with Crippen LogP contribution in [0.15, 0.2) is 54.2 Å². The molecule has 2 aliphatic heterocycles. The van der Waals surface area contributed by atoms with E-state index in [9.17, 15) is 9.59 Å². The summed E-state index contributed by atoms with van der Waals surface area (Å²) in [7, 11) is 5.45. The number of imide groups is 1. The number of carbonyl (C=O) groups is 2. The third-order valence-electron chi connectivity index (χ3n) is 5.78. The van der Waals surface area contributed by atoms with Crippen molar-refractivity contribution >= 4 is 28.8 Å². The van der Waals surface area contributed by atoms with E-state index in [1.165, 1.54) is 4.90 Å². The molecule has 32 heavy (non-hydrogen) atoms. The van der Waals surface area contributed by atoms with Crippen molar-refractivity contribution in [1.82, 2.24) is 4.90 Å². The number of ether oxygens (including phenoxy) is 2. The van der Waals surface area contributed by atoms with Gasteiger partial charge >= 0.3 is 0 Å². The molecule has 168 valence electrons. The fraction of sp³-hybridized carbons (Fsp3) is 0.360. The van der Waals surface area contributed by atoms with Crippen molar-refractivity contribution in [3.8, 4) is 5.75 Å². The van der Waals surface area contributed by atoms with E-state index >= 15 is 0 Å². The minimum atomic E-state index is -0.321. The number of rotatable bonds is 5. The summed E-state index contributed by atoms with van der Waals surface area (Å²) in [5.41, 5.74) is 3.00. The molecule has 1 saturated heterocycles. The Bertz CT molecular complexity index is 1050. The SMILES string of the molecule is COc1ccc(C2=C(N3CC(C)OC(C)C3)C(=O)N(c3cccc(N(C)C)c3)C2=O)cc1. The zero-order valence-corrected chi connectivity index (χ0v) is 19.2. The maximum atomic E-state index is 13.7. The van der Waals surface area contributed by atoms with E-state index in [1.54, 1.807) is 25.3 Å². The molecule has 2 atom stereocenters. The van der Waals surface area contributed by atoms with Crippen molar-refractivity contribution in [2.75, 3.05) is 44.1 Å². The van der Waals surface area contributed by atoms with Crippen LogP contribution in [0.4, 0.5) is 11.4 Å². The number of nitrogens with zero attached hydrogens (tertiary/aromatic N) is 3. The first kappa shape index (κ1) is 21.9. The lowest BCUT2D eigenvalue weighted by Crippen LogP contribution is -2.47. The standard InChI is InChI=1S/C25H29N3O4/c1-16-14-27(15-17(2)32-16)23-22(18-9-11-21(31-5)12-10-18)24(29)28(25(23)30)20-8-6-7-19(13-20)26(3)4/h6-13,16-17H,14-15H2,1-5H3. The van der Waals surface area contributed by atoms with Gasteiger partial charge in [-0.25, -0.2) is 4.90 Å². The first-order valence-corrected chi connectivity index (χ1v) is 10.8. The topological polar surface area (TPSA) is 62.3 Å². The highest BCUT2D eigenvalue weighted by molar-refractivity contribution is 6.45. The lowest BCUT2D eigenvalue weighted by Gasteiger charge is -2.37. The van der Waals surface area contributed by atoms with E-state index in [-0.39, 0.29) is 24.0 Å². The Morgan fingerprint density at radius 2 is 1.62 bits per heavy atom. The highest BCUT2D eigenvalue weighted by atomic mass is 16.5. The Morgan fingerprint density at radius 3 is 2.22 bits per heavy atom. The number of carbonyl (C=O) groups excluding carboxylic acids is 2. The van der Waals surface area contributed by atoms with Gasteiger partial charge in [-0.2, -0.15) is 0 Å². The molecule has 0 saturated carbocycles. The van der Waals surface area contributed by atoms with Crippen molar-refractivity contribution in [1.29, 1.82) is 0 Å². The summed E-state index contributed by atoms with van der Waals surface area (Å²) in [5.74, 6) is 0.0627. The summed E-state index contributed by atoms with van der Waals surface area (Å²) >= 11 is 0. The first-order valence-electron chi connectivity index (χ1n) is 10.8. The number of morpholine rings is 1. The second-order valence-corrected chi connectivity index (χ2v) is 8.47. The molecule has 2 aliphatic rings. The van der Waals surface area contributed by atoms with Gasteiger partial charge < -0.3 is 19.3 Å². The van der Waals surface area contributed by atoms with Gasteiger partial charge in [-0.1, -0.05) is 18.2 Å². The molecule has 2 aromatic rings. The van der Waals surface area contributed by atoms with Crippen LogP contribution in [0.1, 0.15) is 19.4 Å². The zero-order valence-electron chi connectivity index (χ0n) is 19.2. The smallest absolute Gasteiger partial charge is 0.282 e. The fourth-order valence-corrected chi connectivity index (χ4v) is 4.33. The maximum Gasteiger partial charge on any atom is 0.282 e. The average molecular weight is 436 g/mol. The van der Waals surface area contributed by atoms with Gasteiger partial charge in [0.15, 0.2) is 0 Å². The first-order chi connectivity index (χ1) is 15.3. The summed E-state index contributed by atoms with van der Waals surface area (Å²) in [6, 6.07) is 14.7. The predicted molar refractivity (Wildman–Crippen MR) is 125 cm³/mol. The largest absolute Gasteiger partial charge is 0.497 e. The summed E-state index contributed by atoms with van der Waals surface area (Å²) in [4.78, 5) is 32.7. The molecule has 0 aliphatic carbocycles. The third kappa shape index (κ3) is 3.96. The predicted octanol–water partition coefficient (Wildman–Crippen LogP) is 3.15. The Morgan fingerprint density at radius 1 is 0.969 bits per heavy atom.